The molecule has 19 heavy (non-hydrogen) atoms. The van der Waals surface area contributed by atoms with E-state index in [1.165, 1.54) is 24.3 Å². The average molecular weight is 265 g/mol. The van der Waals surface area contributed by atoms with Crippen molar-refractivity contribution >= 4 is 17.4 Å². The van der Waals surface area contributed by atoms with Crippen LogP contribution in [0, 0.1) is 10.1 Å². The second-order valence-corrected chi connectivity index (χ2v) is 4.38. The molecule has 7 nitrogen and oxygen atoms in total. The molecule has 1 aromatic carbocycles. The normalized spacial score (nSPS) is 13.9. The number of anilines is 1. The van der Waals surface area contributed by atoms with Crippen LogP contribution in [-0.4, -0.2) is 40.2 Å². The number of nitrogens with zero attached hydrogens (tertiary/aromatic N) is 2. The summed E-state index contributed by atoms with van der Waals surface area (Å²) in [6.45, 7) is 0.216. The molecule has 0 heterocycles. The number of nitrogens with one attached hydrogen (secondary N) is 1. The van der Waals surface area contributed by atoms with Gasteiger partial charge in [0.25, 0.3) is 5.69 Å². The molecule has 2 amide bonds. The Hall–Kier alpha value is -2.15. The van der Waals surface area contributed by atoms with E-state index in [4.69, 9.17) is 5.11 Å². The third kappa shape index (κ3) is 3.41. The summed E-state index contributed by atoms with van der Waals surface area (Å²) in [5.74, 6) is 0. The van der Waals surface area contributed by atoms with Crippen molar-refractivity contribution in [2.45, 2.75) is 18.9 Å². The minimum absolute atomic E-state index is 0.0209. The number of non-ortho nitro benzene ring substituents is 1. The molecule has 2 N–H and O–H groups in total. The van der Waals surface area contributed by atoms with E-state index < -0.39 is 4.92 Å². The summed E-state index contributed by atoms with van der Waals surface area (Å²) in [7, 11) is 0. The Labute approximate surface area is 110 Å². The van der Waals surface area contributed by atoms with Crippen LogP contribution in [0.1, 0.15) is 12.8 Å². The molecule has 1 aliphatic rings. The molecule has 0 spiro atoms. The molecule has 0 unspecified atom stereocenters. The molecule has 0 radical (unpaired) electrons. The van der Waals surface area contributed by atoms with Crippen LogP contribution in [0.25, 0.3) is 0 Å². The van der Waals surface area contributed by atoms with Gasteiger partial charge in [-0.25, -0.2) is 4.79 Å². The minimum atomic E-state index is -0.492. The summed E-state index contributed by atoms with van der Waals surface area (Å²) in [5, 5.41) is 22.1. The molecule has 1 saturated carbocycles. The number of hydrogen-bond acceptors (Lipinski definition) is 4. The van der Waals surface area contributed by atoms with E-state index in [-0.39, 0.29) is 24.4 Å². The summed E-state index contributed by atoms with van der Waals surface area (Å²) >= 11 is 0. The smallest absolute Gasteiger partial charge is 0.322 e. The van der Waals surface area contributed by atoms with Crippen molar-refractivity contribution in [2.75, 3.05) is 18.5 Å². The summed E-state index contributed by atoms with van der Waals surface area (Å²) in [4.78, 5) is 23.6. The van der Waals surface area contributed by atoms with Gasteiger partial charge in [-0.3, -0.25) is 10.1 Å². The quantitative estimate of drug-likeness (QED) is 0.624. The maximum atomic E-state index is 12.0. The number of benzene rings is 1. The zero-order chi connectivity index (χ0) is 13.8. The van der Waals surface area contributed by atoms with E-state index in [2.05, 4.69) is 5.32 Å². The number of nitro groups is 1. The van der Waals surface area contributed by atoms with Gasteiger partial charge in [-0.05, 0) is 25.0 Å². The Morgan fingerprint density at radius 1 is 1.42 bits per heavy atom. The molecular formula is C12H15N3O4. The fraction of sp³-hybridized carbons (Fsp3) is 0.417. The molecule has 102 valence electrons. The van der Waals surface area contributed by atoms with Crippen LogP contribution in [0.2, 0.25) is 0 Å². The predicted octanol–water partition coefficient (Wildman–Crippen LogP) is 1.58. The molecule has 1 aliphatic carbocycles. The van der Waals surface area contributed by atoms with Crippen molar-refractivity contribution < 1.29 is 14.8 Å². The molecule has 0 atom stereocenters. The molecular weight excluding hydrogens is 250 g/mol. The highest BCUT2D eigenvalue weighted by Gasteiger charge is 2.32. The Morgan fingerprint density at radius 2 is 2.05 bits per heavy atom. The van der Waals surface area contributed by atoms with Crippen LogP contribution in [0.3, 0.4) is 0 Å². The monoisotopic (exact) mass is 265 g/mol. The molecule has 0 bridgehead atoms. The zero-order valence-corrected chi connectivity index (χ0v) is 10.3. The van der Waals surface area contributed by atoms with Crippen molar-refractivity contribution in [3.05, 3.63) is 34.4 Å². The first-order valence-electron chi connectivity index (χ1n) is 6.05. The lowest BCUT2D eigenvalue weighted by molar-refractivity contribution is -0.384. The summed E-state index contributed by atoms with van der Waals surface area (Å²) in [5.41, 5.74) is 0.478. The lowest BCUT2D eigenvalue weighted by atomic mass is 10.3. The Balaban J connectivity index is 1.99. The van der Waals surface area contributed by atoms with Crippen LogP contribution >= 0.6 is 0 Å². The van der Waals surface area contributed by atoms with Gasteiger partial charge in [0.2, 0.25) is 0 Å². The summed E-state index contributed by atoms with van der Waals surface area (Å²) in [6, 6.07) is 5.56. The number of carbonyl (C=O) groups is 1. The lowest BCUT2D eigenvalue weighted by Crippen LogP contribution is -2.38. The van der Waals surface area contributed by atoms with Gasteiger partial charge in [0.15, 0.2) is 0 Å². The fourth-order valence-electron chi connectivity index (χ4n) is 1.81. The molecule has 7 heteroatoms. The van der Waals surface area contributed by atoms with Gasteiger partial charge in [0.1, 0.15) is 0 Å². The van der Waals surface area contributed by atoms with E-state index in [0.29, 0.717) is 12.2 Å². The maximum Gasteiger partial charge on any atom is 0.322 e. The van der Waals surface area contributed by atoms with Crippen molar-refractivity contribution in [3.8, 4) is 0 Å². The average Bonchev–Trinajstić information content (AvgIpc) is 3.20. The molecule has 0 saturated heterocycles. The van der Waals surface area contributed by atoms with Crippen molar-refractivity contribution in [2.24, 2.45) is 0 Å². The molecule has 1 aromatic rings. The van der Waals surface area contributed by atoms with E-state index in [1.807, 2.05) is 0 Å². The number of aliphatic hydroxyl groups excluding tert-OH is 1. The van der Waals surface area contributed by atoms with E-state index in [0.717, 1.165) is 12.8 Å². The number of amides is 2. The predicted molar refractivity (Wildman–Crippen MR) is 68.9 cm³/mol. The highest BCUT2D eigenvalue weighted by atomic mass is 16.6. The van der Waals surface area contributed by atoms with Crippen molar-refractivity contribution in [1.82, 2.24) is 4.90 Å². The first kappa shape index (κ1) is 13.3. The van der Waals surface area contributed by atoms with Crippen LogP contribution in [0.4, 0.5) is 16.2 Å². The van der Waals surface area contributed by atoms with Crippen LogP contribution in [-0.2, 0) is 0 Å². The van der Waals surface area contributed by atoms with Gasteiger partial charge < -0.3 is 15.3 Å². The molecule has 1 fully saturated rings. The molecule has 2 rings (SSSR count). The van der Waals surface area contributed by atoms with Gasteiger partial charge in [0, 0.05) is 30.4 Å². The third-order valence-electron chi connectivity index (χ3n) is 2.92. The highest BCUT2D eigenvalue weighted by molar-refractivity contribution is 5.89. The highest BCUT2D eigenvalue weighted by Crippen LogP contribution is 2.27. The first-order valence-corrected chi connectivity index (χ1v) is 6.05. The number of rotatable bonds is 5. The number of carbonyl (C=O) groups excluding carboxylic acids is 1. The lowest BCUT2D eigenvalue weighted by Gasteiger charge is -2.21. The largest absolute Gasteiger partial charge is 0.395 e. The molecule has 0 aromatic heterocycles. The van der Waals surface area contributed by atoms with E-state index in [1.54, 1.807) is 4.90 Å². The van der Waals surface area contributed by atoms with Crippen LogP contribution in [0.5, 0.6) is 0 Å². The van der Waals surface area contributed by atoms with Gasteiger partial charge in [0.05, 0.1) is 11.5 Å². The van der Waals surface area contributed by atoms with Crippen LogP contribution in [0.15, 0.2) is 24.3 Å². The number of hydrogen-bond donors (Lipinski definition) is 2. The van der Waals surface area contributed by atoms with Crippen LogP contribution < -0.4 is 5.32 Å². The standard InChI is InChI=1S/C12H15N3O4/c16-8-7-14(10-5-6-10)12(17)13-9-1-3-11(4-2-9)15(18)19/h1-4,10,16H,5-8H2,(H,13,17). The van der Waals surface area contributed by atoms with Crippen molar-refractivity contribution in [1.29, 1.82) is 0 Å². The minimum Gasteiger partial charge on any atom is -0.395 e. The topological polar surface area (TPSA) is 95.7 Å². The zero-order valence-electron chi connectivity index (χ0n) is 10.3. The third-order valence-corrected chi connectivity index (χ3v) is 2.92. The van der Waals surface area contributed by atoms with E-state index in [9.17, 15) is 14.9 Å². The van der Waals surface area contributed by atoms with Gasteiger partial charge in [-0.15, -0.1) is 0 Å². The molecule has 0 aliphatic heterocycles. The Morgan fingerprint density at radius 3 is 2.53 bits per heavy atom. The van der Waals surface area contributed by atoms with Crippen molar-refractivity contribution in [3.63, 3.8) is 0 Å². The summed E-state index contributed by atoms with van der Waals surface area (Å²) in [6.07, 6.45) is 1.90. The Kier molecular flexibility index (Phi) is 3.96. The Bertz CT molecular complexity index is 470. The van der Waals surface area contributed by atoms with E-state index >= 15 is 0 Å². The first-order chi connectivity index (χ1) is 9.11. The number of urea groups is 1. The number of nitro benzene ring substituents is 1. The second kappa shape index (κ2) is 5.66. The second-order valence-electron chi connectivity index (χ2n) is 4.38. The number of aliphatic hydroxyl groups is 1. The van der Waals surface area contributed by atoms with Gasteiger partial charge in [-0.2, -0.15) is 0 Å². The van der Waals surface area contributed by atoms with Gasteiger partial charge in [-0.1, -0.05) is 0 Å². The maximum absolute atomic E-state index is 12.0. The summed E-state index contributed by atoms with van der Waals surface area (Å²) < 4.78 is 0. The fourth-order valence-corrected chi connectivity index (χ4v) is 1.81. The van der Waals surface area contributed by atoms with Gasteiger partial charge >= 0.3 is 6.03 Å². The SMILES string of the molecule is O=C(Nc1ccc([N+](=O)[O-])cc1)N(CCO)C1CC1.